The van der Waals surface area contributed by atoms with Crippen LogP contribution in [0.15, 0.2) is 40.5 Å². The van der Waals surface area contributed by atoms with Gasteiger partial charge in [-0.3, -0.25) is 0 Å². The highest BCUT2D eigenvalue weighted by atomic mass is 32.2. The third-order valence-electron chi connectivity index (χ3n) is 2.96. The van der Waals surface area contributed by atoms with E-state index in [1.807, 2.05) is 13.2 Å². The third kappa shape index (κ3) is 3.19. The minimum absolute atomic E-state index is 0.320. The van der Waals surface area contributed by atoms with Gasteiger partial charge in [0.15, 0.2) is 15.0 Å². The van der Waals surface area contributed by atoms with Crippen LogP contribution in [0, 0.1) is 0 Å². The van der Waals surface area contributed by atoms with Crippen molar-refractivity contribution < 1.29 is 8.42 Å². The van der Waals surface area contributed by atoms with Gasteiger partial charge in [-0.1, -0.05) is 30.8 Å². The molecule has 0 saturated carbocycles. The molecule has 2 aromatic rings. The van der Waals surface area contributed by atoms with Gasteiger partial charge in [0.2, 0.25) is 0 Å². The fourth-order valence-corrected chi connectivity index (χ4v) is 2.88. The molecule has 0 amide bonds. The van der Waals surface area contributed by atoms with Gasteiger partial charge in [-0.15, -0.1) is 0 Å². The summed E-state index contributed by atoms with van der Waals surface area (Å²) in [6.07, 6.45) is 5.75. The second kappa shape index (κ2) is 5.93. The summed E-state index contributed by atoms with van der Waals surface area (Å²) < 4.78 is 22.9. The van der Waals surface area contributed by atoms with Crippen LogP contribution in [0.25, 0.3) is 11.1 Å². The Morgan fingerprint density at radius 3 is 2.35 bits per heavy atom. The first-order valence-electron chi connectivity index (χ1n) is 6.16. The number of thioether (sulfide) groups is 1. The van der Waals surface area contributed by atoms with E-state index in [-0.39, 0.29) is 0 Å². The van der Waals surface area contributed by atoms with Crippen molar-refractivity contribution in [3.63, 3.8) is 0 Å². The van der Waals surface area contributed by atoms with Gasteiger partial charge in [-0.05, 0) is 30.4 Å². The van der Waals surface area contributed by atoms with Crippen molar-refractivity contribution in [2.75, 3.05) is 12.5 Å². The van der Waals surface area contributed by atoms with Crippen LogP contribution in [-0.4, -0.2) is 30.9 Å². The number of hydrogen-bond donors (Lipinski definition) is 0. The van der Waals surface area contributed by atoms with Crippen molar-refractivity contribution in [1.82, 2.24) is 9.97 Å². The molecule has 1 aromatic carbocycles. The Balaban J connectivity index is 2.46. The second-order valence-electron chi connectivity index (χ2n) is 4.37. The van der Waals surface area contributed by atoms with Crippen LogP contribution in [0.2, 0.25) is 0 Å². The predicted octanol–water partition coefficient (Wildman–Crippen LogP) is 2.83. The van der Waals surface area contributed by atoms with Crippen molar-refractivity contribution in [2.24, 2.45) is 0 Å². The van der Waals surface area contributed by atoms with E-state index in [1.165, 1.54) is 18.0 Å². The van der Waals surface area contributed by atoms with E-state index >= 15 is 0 Å². The SMILES string of the molecule is CCc1nc(SC)ncc1-c1ccc(S(C)(=O)=O)cc1. The lowest BCUT2D eigenvalue weighted by Crippen LogP contribution is -1.98. The van der Waals surface area contributed by atoms with Crippen LogP contribution in [-0.2, 0) is 16.3 Å². The average Bonchev–Trinajstić information content (AvgIpc) is 2.45. The summed E-state index contributed by atoms with van der Waals surface area (Å²) in [6, 6.07) is 6.83. The quantitative estimate of drug-likeness (QED) is 0.642. The van der Waals surface area contributed by atoms with Gasteiger partial charge in [-0.25, -0.2) is 18.4 Å². The summed E-state index contributed by atoms with van der Waals surface area (Å²) in [5.74, 6) is 0. The monoisotopic (exact) mass is 308 g/mol. The molecule has 106 valence electrons. The summed E-state index contributed by atoms with van der Waals surface area (Å²) in [5.41, 5.74) is 2.85. The first kappa shape index (κ1) is 15.0. The molecule has 2 rings (SSSR count). The van der Waals surface area contributed by atoms with E-state index < -0.39 is 9.84 Å². The van der Waals surface area contributed by atoms with Crippen LogP contribution >= 0.6 is 11.8 Å². The standard InChI is InChI=1S/C14H16N2O2S2/c1-4-13-12(9-15-14(16-13)19-2)10-5-7-11(8-6-10)20(3,17)18/h5-9H,4H2,1-3H3. The highest BCUT2D eigenvalue weighted by Gasteiger charge is 2.10. The van der Waals surface area contributed by atoms with Crippen LogP contribution in [0.1, 0.15) is 12.6 Å². The van der Waals surface area contributed by atoms with Gasteiger partial charge in [0, 0.05) is 18.0 Å². The minimum atomic E-state index is -3.16. The molecule has 1 heterocycles. The molecule has 0 radical (unpaired) electrons. The first-order valence-corrected chi connectivity index (χ1v) is 9.27. The molecule has 4 nitrogen and oxygen atoms in total. The fraction of sp³-hybridized carbons (Fsp3) is 0.286. The van der Waals surface area contributed by atoms with E-state index in [0.717, 1.165) is 28.4 Å². The van der Waals surface area contributed by atoms with E-state index in [2.05, 4.69) is 9.97 Å². The molecule has 6 heteroatoms. The van der Waals surface area contributed by atoms with E-state index in [9.17, 15) is 8.42 Å². The van der Waals surface area contributed by atoms with Crippen molar-refractivity contribution in [3.8, 4) is 11.1 Å². The Morgan fingerprint density at radius 2 is 1.85 bits per heavy atom. The molecule has 0 fully saturated rings. The van der Waals surface area contributed by atoms with E-state index in [1.54, 1.807) is 30.5 Å². The largest absolute Gasteiger partial charge is 0.230 e. The lowest BCUT2D eigenvalue weighted by Gasteiger charge is -2.08. The number of hydrogen-bond acceptors (Lipinski definition) is 5. The number of rotatable bonds is 4. The highest BCUT2D eigenvalue weighted by molar-refractivity contribution is 7.98. The van der Waals surface area contributed by atoms with Gasteiger partial charge in [0.05, 0.1) is 10.6 Å². The molecule has 0 aliphatic rings. The van der Waals surface area contributed by atoms with Crippen molar-refractivity contribution in [2.45, 2.75) is 23.4 Å². The lowest BCUT2D eigenvalue weighted by atomic mass is 10.0. The molecule has 0 atom stereocenters. The predicted molar refractivity (Wildman–Crippen MR) is 81.7 cm³/mol. The number of aromatic nitrogens is 2. The van der Waals surface area contributed by atoms with Gasteiger partial charge in [0.1, 0.15) is 0 Å². The Hall–Kier alpha value is -1.40. The minimum Gasteiger partial charge on any atom is -0.230 e. The van der Waals surface area contributed by atoms with Crippen LogP contribution in [0.5, 0.6) is 0 Å². The molecular formula is C14H16N2O2S2. The number of sulfone groups is 1. The molecule has 1 aromatic heterocycles. The van der Waals surface area contributed by atoms with E-state index in [4.69, 9.17) is 0 Å². The third-order valence-corrected chi connectivity index (χ3v) is 4.65. The molecule has 20 heavy (non-hydrogen) atoms. The Morgan fingerprint density at radius 1 is 1.20 bits per heavy atom. The van der Waals surface area contributed by atoms with Gasteiger partial charge >= 0.3 is 0 Å². The molecule has 0 spiro atoms. The van der Waals surface area contributed by atoms with Gasteiger partial charge in [-0.2, -0.15) is 0 Å². The molecule has 0 aliphatic heterocycles. The van der Waals surface area contributed by atoms with Crippen LogP contribution in [0.3, 0.4) is 0 Å². The van der Waals surface area contributed by atoms with Crippen molar-refractivity contribution >= 4 is 21.6 Å². The number of benzene rings is 1. The molecular weight excluding hydrogens is 292 g/mol. The topological polar surface area (TPSA) is 59.9 Å². The smallest absolute Gasteiger partial charge is 0.187 e. The molecule has 0 bridgehead atoms. The summed E-state index contributed by atoms with van der Waals surface area (Å²) in [7, 11) is -3.16. The molecule has 0 aliphatic carbocycles. The Labute approximate surface area is 123 Å². The normalized spacial score (nSPS) is 11.6. The van der Waals surface area contributed by atoms with Crippen molar-refractivity contribution in [1.29, 1.82) is 0 Å². The highest BCUT2D eigenvalue weighted by Crippen LogP contribution is 2.25. The molecule has 0 N–H and O–H groups in total. The molecule has 0 saturated heterocycles. The number of nitrogens with zero attached hydrogens (tertiary/aromatic N) is 2. The van der Waals surface area contributed by atoms with Crippen LogP contribution < -0.4 is 0 Å². The second-order valence-corrected chi connectivity index (χ2v) is 7.16. The summed E-state index contributed by atoms with van der Waals surface area (Å²) in [6.45, 7) is 2.04. The number of aryl methyl sites for hydroxylation is 1. The summed E-state index contributed by atoms with van der Waals surface area (Å²) >= 11 is 1.51. The summed E-state index contributed by atoms with van der Waals surface area (Å²) in [5, 5.41) is 0.748. The Bertz CT molecular complexity index is 710. The zero-order valence-electron chi connectivity index (χ0n) is 11.6. The summed E-state index contributed by atoms with van der Waals surface area (Å²) in [4.78, 5) is 9.10. The lowest BCUT2D eigenvalue weighted by molar-refractivity contribution is 0.602. The zero-order chi connectivity index (χ0) is 14.8. The maximum atomic E-state index is 11.5. The fourth-order valence-electron chi connectivity index (χ4n) is 1.89. The van der Waals surface area contributed by atoms with Crippen molar-refractivity contribution in [3.05, 3.63) is 36.2 Å². The first-order chi connectivity index (χ1) is 9.45. The average molecular weight is 308 g/mol. The maximum Gasteiger partial charge on any atom is 0.187 e. The van der Waals surface area contributed by atoms with E-state index in [0.29, 0.717) is 4.90 Å². The van der Waals surface area contributed by atoms with Gasteiger partial charge < -0.3 is 0 Å². The maximum absolute atomic E-state index is 11.5. The zero-order valence-corrected chi connectivity index (χ0v) is 13.3. The van der Waals surface area contributed by atoms with Gasteiger partial charge in [0.25, 0.3) is 0 Å². The molecule has 0 unspecified atom stereocenters. The Kier molecular flexibility index (Phi) is 4.45. The van der Waals surface area contributed by atoms with Crippen LogP contribution in [0.4, 0.5) is 0 Å².